The van der Waals surface area contributed by atoms with Gasteiger partial charge >= 0.3 is 0 Å². The Morgan fingerprint density at radius 3 is 2.74 bits per heavy atom. The van der Waals surface area contributed by atoms with Gasteiger partial charge in [-0.2, -0.15) is 5.26 Å². The summed E-state index contributed by atoms with van der Waals surface area (Å²) in [6.45, 7) is 10.6. The van der Waals surface area contributed by atoms with Crippen LogP contribution in [0.1, 0.15) is 70.9 Å². The van der Waals surface area contributed by atoms with Gasteiger partial charge in [-0.25, -0.2) is 0 Å². The van der Waals surface area contributed by atoms with Crippen LogP contribution in [0.4, 0.5) is 0 Å². The molecule has 1 fully saturated rings. The molecule has 1 aliphatic carbocycles. The van der Waals surface area contributed by atoms with E-state index in [1.165, 1.54) is 17.5 Å². The van der Waals surface area contributed by atoms with Gasteiger partial charge in [-0.05, 0) is 52.2 Å². The van der Waals surface area contributed by atoms with E-state index in [4.69, 9.17) is 18.9 Å². The zero-order valence-electron chi connectivity index (χ0n) is 19.5. The number of hydrogen-bond donors (Lipinski definition) is 0. The average molecular weight is 428 g/mol. The van der Waals surface area contributed by atoms with Crippen molar-refractivity contribution in [2.24, 2.45) is 5.92 Å². The molecule has 0 radical (unpaired) electrons. The predicted octanol–water partition coefficient (Wildman–Crippen LogP) is 5.53. The van der Waals surface area contributed by atoms with Gasteiger partial charge in [-0.1, -0.05) is 37.6 Å². The summed E-state index contributed by atoms with van der Waals surface area (Å²) < 4.78 is 24.1. The van der Waals surface area contributed by atoms with Gasteiger partial charge in [0.15, 0.2) is 12.4 Å². The van der Waals surface area contributed by atoms with E-state index < -0.39 is 6.10 Å². The highest BCUT2D eigenvalue weighted by Gasteiger charge is 2.50. The van der Waals surface area contributed by atoms with E-state index in [0.717, 1.165) is 25.0 Å². The third kappa shape index (κ3) is 5.68. The van der Waals surface area contributed by atoms with Gasteiger partial charge in [0.1, 0.15) is 11.9 Å². The topological polar surface area (TPSA) is 60.7 Å². The molecule has 2 unspecified atom stereocenters. The van der Waals surface area contributed by atoms with Gasteiger partial charge in [-0.3, -0.25) is 0 Å². The van der Waals surface area contributed by atoms with Crippen molar-refractivity contribution in [1.29, 1.82) is 5.26 Å². The van der Waals surface area contributed by atoms with E-state index in [1.54, 1.807) is 0 Å². The Morgan fingerprint density at radius 1 is 1.26 bits per heavy atom. The molecule has 1 aliphatic heterocycles. The Morgan fingerprint density at radius 2 is 2.06 bits per heavy atom. The molecule has 0 saturated heterocycles. The maximum atomic E-state index is 9.49. The quantitative estimate of drug-likeness (QED) is 0.343. The van der Waals surface area contributed by atoms with Crippen LogP contribution in [0, 0.1) is 17.2 Å². The molecule has 1 aromatic rings. The zero-order valence-corrected chi connectivity index (χ0v) is 19.5. The predicted molar refractivity (Wildman–Crippen MR) is 121 cm³/mol. The highest BCUT2D eigenvalue weighted by atomic mass is 16.7. The number of aryl methyl sites for hydroxylation is 1. The van der Waals surface area contributed by atoms with Crippen molar-refractivity contribution in [3.63, 3.8) is 0 Å². The smallest absolute Gasteiger partial charge is 0.162 e. The third-order valence-electron chi connectivity index (χ3n) is 6.09. The Bertz CT molecular complexity index is 784. The lowest BCUT2D eigenvalue weighted by atomic mass is 9.86. The van der Waals surface area contributed by atoms with Crippen LogP contribution in [0.3, 0.4) is 0 Å². The fraction of sp³-hybridized carbons (Fsp3) is 0.654. The monoisotopic (exact) mass is 427 g/mol. The first kappa shape index (κ1) is 23.8. The SMILES string of the molecule is CCCCc1cccc2c1O[C@H]1C[C@@H](OC(C)OCC)[C@H](/C=C/C(C#N)OC(C)C)[C@@H]21. The van der Waals surface area contributed by atoms with E-state index in [0.29, 0.717) is 6.61 Å². The van der Waals surface area contributed by atoms with Crippen LogP contribution < -0.4 is 4.74 Å². The van der Waals surface area contributed by atoms with Crippen molar-refractivity contribution in [3.8, 4) is 11.8 Å². The van der Waals surface area contributed by atoms with E-state index in [2.05, 4.69) is 37.3 Å². The second-order valence-corrected chi connectivity index (χ2v) is 8.75. The Balaban J connectivity index is 1.87. The third-order valence-corrected chi connectivity index (χ3v) is 6.09. The molecule has 170 valence electrons. The lowest BCUT2D eigenvalue weighted by molar-refractivity contribution is -0.162. The van der Waals surface area contributed by atoms with E-state index in [9.17, 15) is 5.26 Å². The van der Waals surface area contributed by atoms with Crippen LogP contribution in [0.5, 0.6) is 5.75 Å². The van der Waals surface area contributed by atoms with Crippen molar-refractivity contribution < 1.29 is 18.9 Å². The minimum Gasteiger partial charge on any atom is -0.489 e. The molecule has 2 aliphatic rings. The van der Waals surface area contributed by atoms with E-state index in [1.807, 2.05) is 33.8 Å². The lowest BCUT2D eigenvalue weighted by Crippen LogP contribution is -2.27. The van der Waals surface area contributed by atoms with Crippen LogP contribution in [0.2, 0.25) is 0 Å². The number of nitrogens with zero attached hydrogens (tertiary/aromatic N) is 1. The molecule has 3 rings (SSSR count). The largest absolute Gasteiger partial charge is 0.489 e. The van der Waals surface area contributed by atoms with Crippen LogP contribution in [0.25, 0.3) is 0 Å². The molecule has 5 heteroatoms. The number of unbranched alkanes of at least 4 members (excludes halogenated alkanes) is 1. The number of hydrogen-bond acceptors (Lipinski definition) is 5. The zero-order chi connectivity index (χ0) is 22.4. The molecule has 0 amide bonds. The van der Waals surface area contributed by atoms with Gasteiger partial charge in [0.05, 0.1) is 18.3 Å². The summed E-state index contributed by atoms with van der Waals surface area (Å²) in [6, 6.07) is 8.76. The van der Waals surface area contributed by atoms with Crippen LogP contribution in [-0.2, 0) is 20.6 Å². The van der Waals surface area contributed by atoms with Crippen molar-refractivity contribution in [3.05, 3.63) is 41.5 Å². The number of nitriles is 1. The number of fused-ring (bicyclic) bond motifs is 3. The summed E-state index contributed by atoms with van der Waals surface area (Å²) in [5.74, 6) is 1.38. The Kier molecular flexibility index (Phi) is 8.54. The molecule has 0 aromatic heterocycles. The fourth-order valence-corrected chi connectivity index (χ4v) is 4.82. The van der Waals surface area contributed by atoms with Crippen LogP contribution in [-0.4, -0.2) is 37.3 Å². The summed E-state index contributed by atoms with van der Waals surface area (Å²) in [7, 11) is 0. The van der Waals surface area contributed by atoms with Gasteiger partial charge in [-0.15, -0.1) is 0 Å². The van der Waals surface area contributed by atoms with Crippen molar-refractivity contribution in [2.45, 2.75) is 96.9 Å². The average Bonchev–Trinajstić information content (AvgIpc) is 3.25. The highest BCUT2D eigenvalue weighted by Crippen LogP contribution is 2.53. The summed E-state index contributed by atoms with van der Waals surface area (Å²) in [5.41, 5.74) is 2.57. The second-order valence-electron chi connectivity index (χ2n) is 8.75. The molecule has 0 bridgehead atoms. The van der Waals surface area contributed by atoms with E-state index in [-0.39, 0.29) is 36.4 Å². The molecule has 31 heavy (non-hydrogen) atoms. The maximum Gasteiger partial charge on any atom is 0.162 e. The number of benzene rings is 1. The normalized spacial score (nSPS) is 26.5. The summed E-state index contributed by atoms with van der Waals surface area (Å²) in [6.07, 6.45) is 7.37. The Hall–Kier alpha value is -1.87. The first-order valence-electron chi connectivity index (χ1n) is 11.8. The molecular formula is C26H37NO4. The standard InChI is InChI=1S/C26H37NO4/c1-6-8-10-19-11-9-12-22-25-21(14-13-20(16-27)29-17(3)4)23(30-18(5)28-7-2)15-24(25)31-26(19)22/h9,11-14,17-18,20-21,23-25H,6-8,10,15H2,1-5H3/b14-13+/t18?,20?,21-,23+,24-,25-/m0/s1. The van der Waals surface area contributed by atoms with Crippen molar-refractivity contribution in [1.82, 2.24) is 0 Å². The molecule has 0 spiro atoms. The first-order valence-corrected chi connectivity index (χ1v) is 11.8. The van der Waals surface area contributed by atoms with Gasteiger partial charge in [0, 0.05) is 30.4 Å². The number of para-hydroxylation sites is 1. The van der Waals surface area contributed by atoms with Gasteiger partial charge in [0.2, 0.25) is 0 Å². The van der Waals surface area contributed by atoms with Crippen molar-refractivity contribution in [2.75, 3.05) is 6.61 Å². The number of ether oxygens (including phenoxy) is 4. The van der Waals surface area contributed by atoms with Crippen LogP contribution >= 0.6 is 0 Å². The van der Waals surface area contributed by atoms with E-state index >= 15 is 0 Å². The molecule has 6 atom stereocenters. The summed E-state index contributed by atoms with van der Waals surface area (Å²) >= 11 is 0. The molecule has 1 aromatic carbocycles. The molecule has 1 saturated carbocycles. The van der Waals surface area contributed by atoms with Crippen molar-refractivity contribution >= 4 is 0 Å². The molecule has 5 nitrogen and oxygen atoms in total. The maximum absolute atomic E-state index is 9.49. The Labute approximate surface area is 187 Å². The highest BCUT2D eigenvalue weighted by molar-refractivity contribution is 5.49. The molecule has 0 N–H and O–H groups in total. The van der Waals surface area contributed by atoms with Gasteiger partial charge in [0.25, 0.3) is 0 Å². The van der Waals surface area contributed by atoms with Gasteiger partial charge < -0.3 is 18.9 Å². The second kappa shape index (κ2) is 11.1. The summed E-state index contributed by atoms with van der Waals surface area (Å²) in [4.78, 5) is 0. The summed E-state index contributed by atoms with van der Waals surface area (Å²) in [5, 5.41) is 9.49. The first-order chi connectivity index (χ1) is 15.0. The molecule has 1 heterocycles. The number of rotatable bonds is 11. The molecular weight excluding hydrogens is 390 g/mol. The van der Waals surface area contributed by atoms with Crippen LogP contribution in [0.15, 0.2) is 30.4 Å². The minimum atomic E-state index is -0.568. The minimum absolute atomic E-state index is 0.00712. The lowest BCUT2D eigenvalue weighted by Gasteiger charge is -2.25. The fourth-order valence-electron chi connectivity index (χ4n) is 4.82.